The maximum Gasteiger partial charge on any atom is 0.494 e. The number of nitrogens with zero attached hydrogens (tertiary/aromatic N) is 2. The highest BCUT2D eigenvalue weighted by Crippen LogP contribution is 2.41. The summed E-state index contributed by atoms with van der Waals surface area (Å²) in [5, 5.41) is 7.07. The third kappa shape index (κ3) is 5.27. The van der Waals surface area contributed by atoms with E-state index in [-0.39, 0.29) is 0 Å². The number of hydrogen-bond acceptors (Lipinski definition) is 3. The summed E-state index contributed by atoms with van der Waals surface area (Å²) in [6, 6.07) is 63.4. The summed E-state index contributed by atoms with van der Waals surface area (Å²) in [7, 11) is -0.517. The lowest BCUT2D eigenvalue weighted by atomic mass is 9.76. The van der Waals surface area contributed by atoms with Crippen LogP contribution < -0.4 is 5.46 Å². The molecule has 0 saturated carbocycles. The number of rotatable bonds is 5. The Labute approximate surface area is 348 Å². The summed E-state index contributed by atoms with van der Waals surface area (Å²) in [4.78, 5) is 0. The fraction of sp³-hybridized carbons (Fsp3) is 0.111. The lowest BCUT2D eigenvalue weighted by molar-refractivity contribution is 0.00578. The monoisotopic (exact) mass is 776 g/mol. The van der Waals surface area contributed by atoms with Crippen LogP contribution in [0, 0.1) is 0 Å². The molecule has 6 heteroatoms. The van der Waals surface area contributed by atoms with E-state index in [2.05, 4.69) is 201 Å². The zero-order chi connectivity index (χ0) is 40.3. The van der Waals surface area contributed by atoms with Crippen LogP contribution in [0.25, 0.3) is 99.2 Å². The number of hydrogen-bond donors (Lipinski definition) is 0. The Bertz CT molecular complexity index is 3500. The fourth-order valence-electron chi connectivity index (χ4n) is 9.39. The molecular weight excluding hydrogens is 735 g/mol. The van der Waals surface area contributed by atoms with Crippen LogP contribution in [0.3, 0.4) is 0 Å². The lowest BCUT2D eigenvalue weighted by Crippen LogP contribution is -2.41. The van der Waals surface area contributed by atoms with Crippen molar-refractivity contribution in [2.45, 2.75) is 38.9 Å². The van der Waals surface area contributed by atoms with Crippen LogP contribution in [0.4, 0.5) is 0 Å². The van der Waals surface area contributed by atoms with Crippen molar-refractivity contribution in [2.24, 2.45) is 0 Å². The molecule has 1 saturated heterocycles. The van der Waals surface area contributed by atoms with E-state index in [4.69, 9.17) is 13.7 Å². The Hall–Kier alpha value is -6.86. The van der Waals surface area contributed by atoms with E-state index in [1.54, 1.807) is 0 Å². The predicted molar refractivity (Wildman–Crippen MR) is 249 cm³/mol. The third-order valence-electron chi connectivity index (χ3n) is 13.1. The molecule has 1 fully saturated rings. The summed E-state index contributed by atoms with van der Waals surface area (Å²) in [6.45, 7) is 8.46. The van der Waals surface area contributed by atoms with Gasteiger partial charge in [0.15, 0.2) is 0 Å². The summed E-state index contributed by atoms with van der Waals surface area (Å²) in [5.41, 5.74) is 13.2. The molecule has 4 heterocycles. The molecule has 1 aliphatic heterocycles. The number of furan rings is 1. The van der Waals surface area contributed by atoms with E-state index in [0.717, 1.165) is 72.1 Å². The first-order valence-corrected chi connectivity index (χ1v) is 20.8. The van der Waals surface area contributed by atoms with E-state index in [0.29, 0.717) is 0 Å². The molecule has 11 aromatic rings. The van der Waals surface area contributed by atoms with Crippen molar-refractivity contribution < 1.29 is 13.7 Å². The molecule has 0 radical (unpaired) electrons. The first-order chi connectivity index (χ1) is 29.2. The van der Waals surface area contributed by atoms with Crippen molar-refractivity contribution >= 4 is 78.1 Å². The van der Waals surface area contributed by atoms with Gasteiger partial charge >= 0.3 is 7.12 Å². The van der Waals surface area contributed by atoms with E-state index in [1.165, 1.54) is 32.6 Å². The van der Waals surface area contributed by atoms with Crippen LogP contribution in [-0.4, -0.2) is 27.5 Å². The highest BCUT2D eigenvalue weighted by Gasteiger charge is 2.51. The van der Waals surface area contributed by atoms with Gasteiger partial charge in [-0.1, -0.05) is 97.1 Å². The number of para-hydroxylation sites is 4. The van der Waals surface area contributed by atoms with Gasteiger partial charge in [0.25, 0.3) is 0 Å². The highest BCUT2D eigenvalue weighted by molar-refractivity contribution is 6.62. The van der Waals surface area contributed by atoms with Crippen molar-refractivity contribution in [2.75, 3.05) is 0 Å². The molecule has 288 valence electrons. The second-order valence-electron chi connectivity index (χ2n) is 17.2. The molecule has 0 aliphatic carbocycles. The van der Waals surface area contributed by atoms with Crippen molar-refractivity contribution in [1.82, 2.24) is 9.13 Å². The molecule has 0 bridgehead atoms. The molecule has 8 aromatic carbocycles. The Morgan fingerprint density at radius 1 is 0.367 bits per heavy atom. The van der Waals surface area contributed by atoms with Gasteiger partial charge in [0, 0.05) is 43.7 Å². The minimum Gasteiger partial charge on any atom is -0.456 e. The topological polar surface area (TPSA) is 41.5 Å². The van der Waals surface area contributed by atoms with Gasteiger partial charge < -0.3 is 22.9 Å². The van der Waals surface area contributed by atoms with Gasteiger partial charge in [-0.25, -0.2) is 0 Å². The van der Waals surface area contributed by atoms with Gasteiger partial charge in [-0.05, 0) is 134 Å². The molecule has 0 unspecified atom stereocenters. The molecule has 3 aromatic heterocycles. The van der Waals surface area contributed by atoms with Crippen LogP contribution in [0.2, 0.25) is 0 Å². The lowest BCUT2D eigenvalue weighted by Gasteiger charge is -2.32. The van der Waals surface area contributed by atoms with E-state index in [9.17, 15) is 0 Å². The van der Waals surface area contributed by atoms with Crippen LogP contribution >= 0.6 is 0 Å². The molecule has 60 heavy (non-hydrogen) atoms. The minimum atomic E-state index is -0.517. The first-order valence-electron chi connectivity index (χ1n) is 20.8. The normalized spacial score (nSPS) is 15.1. The number of benzene rings is 8. The highest BCUT2D eigenvalue weighted by atomic mass is 16.7. The summed E-state index contributed by atoms with van der Waals surface area (Å²) < 4.78 is 24.4. The second-order valence-corrected chi connectivity index (χ2v) is 17.2. The zero-order valence-electron chi connectivity index (χ0n) is 33.9. The van der Waals surface area contributed by atoms with E-state index in [1.807, 2.05) is 12.1 Å². The van der Waals surface area contributed by atoms with Crippen LogP contribution in [0.1, 0.15) is 27.7 Å². The molecule has 5 nitrogen and oxygen atoms in total. The van der Waals surface area contributed by atoms with Crippen molar-refractivity contribution in [3.8, 4) is 33.6 Å². The number of fused-ring (bicyclic) bond motifs is 9. The quantitative estimate of drug-likeness (QED) is 0.164. The average molecular weight is 777 g/mol. The Morgan fingerprint density at radius 2 is 0.867 bits per heavy atom. The van der Waals surface area contributed by atoms with Gasteiger partial charge in [0.1, 0.15) is 11.2 Å². The van der Waals surface area contributed by atoms with Crippen molar-refractivity contribution in [1.29, 1.82) is 0 Å². The molecule has 0 amide bonds. The Balaban J connectivity index is 1.04. The fourth-order valence-corrected chi connectivity index (χ4v) is 9.39. The summed E-state index contributed by atoms with van der Waals surface area (Å²) in [6.07, 6.45) is 0. The predicted octanol–water partition coefficient (Wildman–Crippen LogP) is 13.4. The Kier molecular flexibility index (Phi) is 7.50. The van der Waals surface area contributed by atoms with Crippen LogP contribution in [0.15, 0.2) is 180 Å². The molecule has 0 atom stereocenters. The largest absolute Gasteiger partial charge is 0.494 e. The average Bonchev–Trinajstić information content (AvgIpc) is 3.98. The van der Waals surface area contributed by atoms with Crippen molar-refractivity contribution in [3.05, 3.63) is 176 Å². The van der Waals surface area contributed by atoms with Gasteiger partial charge in [0.2, 0.25) is 0 Å². The third-order valence-corrected chi connectivity index (χ3v) is 13.1. The molecule has 0 spiro atoms. The number of aromatic nitrogens is 2. The molecule has 12 rings (SSSR count). The standard InChI is InChI=1S/C54H41BN2O3/c1-53(2)54(3,4)60-55(59-53)38-29-36(34-22-25-49-44(31-34)41-16-8-11-19-47(41)56(49)39-14-6-5-7-15-39)28-37(30-38)35-23-26-50-45(32-35)42-17-9-12-20-48(42)57(50)40-24-27-52-46(33-40)43-18-10-13-21-51(43)58-52/h5-33H,1-4H3. The molecular formula is C54H41BN2O3. The maximum absolute atomic E-state index is 6.71. The second kappa shape index (κ2) is 12.8. The van der Waals surface area contributed by atoms with Gasteiger partial charge in [-0.15, -0.1) is 0 Å². The van der Waals surface area contributed by atoms with Crippen LogP contribution in [-0.2, 0) is 9.31 Å². The minimum absolute atomic E-state index is 0.474. The molecule has 0 N–H and O–H groups in total. The van der Waals surface area contributed by atoms with Gasteiger partial charge in [-0.2, -0.15) is 0 Å². The zero-order valence-corrected chi connectivity index (χ0v) is 33.9. The smallest absolute Gasteiger partial charge is 0.456 e. The molecule has 1 aliphatic rings. The maximum atomic E-state index is 6.71. The SMILES string of the molecule is CC1(C)OB(c2cc(-c3ccc4c(c3)c3ccccc3n4-c3ccccc3)cc(-c3ccc4c(c3)c3ccccc3n4-c3ccc4oc5ccccc5c4c3)c2)OC1(C)C. The Morgan fingerprint density at radius 3 is 1.48 bits per heavy atom. The van der Waals surface area contributed by atoms with Crippen LogP contribution in [0.5, 0.6) is 0 Å². The first kappa shape index (κ1) is 35.1. The van der Waals surface area contributed by atoms with Gasteiger partial charge in [0.05, 0.1) is 33.3 Å². The van der Waals surface area contributed by atoms with Gasteiger partial charge in [-0.3, -0.25) is 0 Å². The summed E-state index contributed by atoms with van der Waals surface area (Å²) >= 11 is 0. The summed E-state index contributed by atoms with van der Waals surface area (Å²) in [5.74, 6) is 0. The van der Waals surface area contributed by atoms with E-state index >= 15 is 0 Å². The van der Waals surface area contributed by atoms with Crippen molar-refractivity contribution in [3.63, 3.8) is 0 Å². The van der Waals surface area contributed by atoms with E-state index < -0.39 is 18.3 Å².